The van der Waals surface area contributed by atoms with E-state index in [-0.39, 0.29) is 5.91 Å². The molecule has 1 aromatic heterocycles. The van der Waals surface area contributed by atoms with Crippen LogP contribution in [-0.2, 0) is 5.54 Å². The Morgan fingerprint density at radius 3 is 2.29 bits per heavy atom. The third kappa shape index (κ3) is 2.85. The number of methoxy groups -OCH3 is 2. The van der Waals surface area contributed by atoms with E-state index in [2.05, 4.69) is 13.8 Å². The van der Waals surface area contributed by atoms with Gasteiger partial charge in [0.05, 0.1) is 30.3 Å². The first kappa shape index (κ1) is 19.1. The minimum absolute atomic E-state index is 0.0611. The van der Waals surface area contributed by atoms with E-state index in [9.17, 15) is 4.79 Å². The number of nitrogens with zero attached hydrogens (tertiary/aromatic N) is 1. The van der Waals surface area contributed by atoms with E-state index in [1.165, 1.54) is 0 Å². The molecule has 0 saturated heterocycles. The molecule has 0 spiro atoms. The summed E-state index contributed by atoms with van der Waals surface area (Å²) in [6, 6.07) is 13.0. The van der Waals surface area contributed by atoms with Crippen LogP contribution in [0.1, 0.15) is 29.1 Å². The van der Waals surface area contributed by atoms with Gasteiger partial charge in [-0.25, -0.2) is 0 Å². The predicted molar refractivity (Wildman–Crippen MR) is 118 cm³/mol. The van der Waals surface area contributed by atoms with Gasteiger partial charge in [-0.05, 0) is 56.3 Å². The van der Waals surface area contributed by atoms with Crippen LogP contribution in [0.3, 0.4) is 0 Å². The van der Waals surface area contributed by atoms with Gasteiger partial charge in [-0.3, -0.25) is 9.69 Å². The molecule has 2 aromatic carbocycles. The summed E-state index contributed by atoms with van der Waals surface area (Å²) < 4.78 is 11.5. The average molecular weight is 430 g/mol. The van der Waals surface area contributed by atoms with Gasteiger partial charge in [-0.1, -0.05) is 32.9 Å². The van der Waals surface area contributed by atoms with Gasteiger partial charge < -0.3 is 9.47 Å². The van der Waals surface area contributed by atoms with E-state index in [1.807, 2.05) is 23.1 Å². The van der Waals surface area contributed by atoms with Crippen LogP contribution in [0.15, 0.2) is 42.5 Å². The van der Waals surface area contributed by atoms with Crippen LogP contribution in [0.25, 0.3) is 11.1 Å². The number of rotatable bonds is 3. The SMILES string of the molecule is COc1ccc(C(=O)N2c3ccc(OC)cc3-c3c(ssc3=S)C2(C)C)cc1. The first-order valence-corrected chi connectivity index (χ1v) is 11.2. The fourth-order valence-electron chi connectivity index (χ4n) is 3.56. The van der Waals surface area contributed by atoms with Crippen molar-refractivity contribution in [2.45, 2.75) is 19.4 Å². The second kappa shape index (κ2) is 6.99. The molecule has 0 fully saturated rings. The lowest BCUT2D eigenvalue weighted by Gasteiger charge is -2.43. The minimum Gasteiger partial charge on any atom is -0.497 e. The largest absolute Gasteiger partial charge is 0.497 e. The van der Waals surface area contributed by atoms with Gasteiger partial charge in [0.25, 0.3) is 5.91 Å². The van der Waals surface area contributed by atoms with Crippen molar-refractivity contribution in [1.29, 1.82) is 0 Å². The number of fused-ring (bicyclic) bond motifs is 3. The number of anilines is 1. The lowest BCUT2D eigenvalue weighted by Crippen LogP contribution is -2.47. The van der Waals surface area contributed by atoms with E-state index >= 15 is 0 Å². The van der Waals surface area contributed by atoms with Crippen molar-refractivity contribution in [1.82, 2.24) is 0 Å². The lowest BCUT2D eigenvalue weighted by atomic mass is 9.86. The molecule has 1 aliphatic rings. The van der Waals surface area contributed by atoms with Crippen molar-refractivity contribution in [3.63, 3.8) is 0 Å². The Bertz CT molecular complexity index is 1110. The molecule has 0 unspecified atom stereocenters. The van der Waals surface area contributed by atoms with Gasteiger partial charge in [0.1, 0.15) is 15.3 Å². The van der Waals surface area contributed by atoms with Crippen LogP contribution >= 0.6 is 32.9 Å². The summed E-state index contributed by atoms with van der Waals surface area (Å²) in [5.74, 6) is 1.40. The van der Waals surface area contributed by atoms with Gasteiger partial charge in [0.2, 0.25) is 0 Å². The molecule has 1 aliphatic heterocycles. The predicted octanol–water partition coefficient (Wildman–Crippen LogP) is 6.12. The molecular weight excluding hydrogens is 410 g/mol. The monoisotopic (exact) mass is 429 g/mol. The molecule has 3 aromatic rings. The Morgan fingerprint density at radius 1 is 1.00 bits per heavy atom. The second-order valence-corrected chi connectivity index (χ2v) is 9.79. The van der Waals surface area contributed by atoms with Crippen molar-refractivity contribution in [2.24, 2.45) is 0 Å². The zero-order valence-corrected chi connectivity index (χ0v) is 18.4. The molecule has 4 rings (SSSR count). The van der Waals surface area contributed by atoms with E-state index in [4.69, 9.17) is 21.7 Å². The topological polar surface area (TPSA) is 38.8 Å². The molecule has 4 nitrogen and oxygen atoms in total. The number of hydrogen-bond acceptors (Lipinski definition) is 6. The maximum atomic E-state index is 13.6. The first-order valence-electron chi connectivity index (χ1n) is 8.69. The number of carbonyl (C=O) groups is 1. The highest BCUT2D eigenvalue weighted by atomic mass is 32.9. The maximum Gasteiger partial charge on any atom is 0.259 e. The van der Waals surface area contributed by atoms with Crippen LogP contribution < -0.4 is 14.4 Å². The molecule has 0 atom stereocenters. The Morgan fingerprint density at radius 2 is 1.64 bits per heavy atom. The smallest absolute Gasteiger partial charge is 0.259 e. The van der Waals surface area contributed by atoms with E-state index in [0.717, 1.165) is 37.0 Å². The summed E-state index contributed by atoms with van der Waals surface area (Å²) in [5.41, 5.74) is 2.92. The molecule has 2 heterocycles. The maximum absolute atomic E-state index is 13.6. The summed E-state index contributed by atoms with van der Waals surface area (Å²) in [5, 5.41) is 0. The molecule has 0 bridgehead atoms. The summed E-state index contributed by atoms with van der Waals surface area (Å²) in [6.07, 6.45) is 0. The molecule has 0 saturated carbocycles. The Labute approximate surface area is 176 Å². The van der Waals surface area contributed by atoms with Gasteiger partial charge >= 0.3 is 0 Å². The Hall–Kier alpha value is -2.22. The fraction of sp³-hybridized carbons (Fsp3) is 0.238. The van der Waals surface area contributed by atoms with Gasteiger partial charge in [-0.2, -0.15) is 0 Å². The molecule has 7 heteroatoms. The van der Waals surface area contributed by atoms with Crippen molar-refractivity contribution in [3.8, 4) is 22.6 Å². The van der Waals surface area contributed by atoms with Gasteiger partial charge in [-0.15, -0.1) is 0 Å². The van der Waals surface area contributed by atoms with E-state index < -0.39 is 5.54 Å². The highest BCUT2D eigenvalue weighted by Crippen LogP contribution is 2.53. The molecule has 0 aliphatic carbocycles. The Balaban J connectivity index is 1.92. The standard InChI is InChI=1S/C21H19NO3S3/c1-21(2)18-17(20(26)28-27-18)15-11-14(25-4)9-10-16(15)22(21)19(23)12-5-7-13(24-3)8-6-12/h5-11H,1-4H3. The molecule has 1 amide bonds. The third-order valence-electron chi connectivity index (χ3n) is 5.00. The zero-order valence-electron chi connectivity index (χ0n) is 15.9. The fourth-order valence-corrected chi connectivity index (χ4v) is 6.84. The van der Waals surface area contributed by atoms with Gasteiger partial charge in [0.15, 0.2) is 0 Å². The summed E-state index contributed by atoms with van der Waals surface area (Å²) in [7, 11) is 6.47. The zero-order chi connectivity index (χ0) is 20.1. The average Bonchev–Trinajstić information content (AvgIpc) is 3.10. The number of hydrogen-bond donors (Lipinski definition) is 0. The Kier molecular flexibility index (Phi) is 4.77. The number of amides is 1. The second-order valence-electron chi connectivity index (χ2n) is 6.97. The summed E-state index contributed by atoms with van der Waals surface area (Å²) >= 11 is 5.63. The van der Waals surface area contributed by atoms with Crippen molar-refractivity contribution >= 4 is 44.5 Å². The van der Waals surface area contributed by atoms with Crippen molar-refractivity contribution < 1.29 is 14.3 Å². The molecule has 144 valence electrons. The molecule has 0 N–H and O–H groups in total. The van der Waals surface area contributed by atoms with Crippen LogP contribution in [-0.4, -0.2) is 20.1 Å². The lowest BCUT2D eigenvalue weighted by molar-refractivity contribution is 0.0961. The third-order valence-corrected chi connectivity index (χ3v) is 8.33. The van der Waals surface area contributed by atoms with E-state index in [1.54, 1.807) is 59.2 Å². The van der Waals surface area contributed by atoms with Crippen LogP contribution in [0.5, 0.6) is 11.5 Å². The van der Waals surface area contributed by atoms with Crippen molar-refractivity contribution in [2.75, 3.05) is 19.1 Å². The number of carbonyl (C=O) groups excluding carboxylic acids is 1. The number of benzene rings is 2. The molecular formula is C21H19NO3S3. The number of ether oxygens (including phenoxy) is 2. The minimum atomic E-state index is -0.522. The molecule has 28 heavy (non-hydrogen) atoms. The molecule has 0 radical (unpaired) electrons. The van der Waals surface area contributed by atoms with Crippen LogP contribution in [0.4, 0.5) is 5.69 Å². The van der Waals surface area contributed by atoms with Crippen LogP contribution in [0.2, 0.25) is 0 Å². The van der Waals surface area contributed by atoms with Gasteiger partial charge in [0, 0.05) is 16.7 Å². The first-order chi connectivity index (χ1) is 13.4. The highest BCUT2D eigenvalue weighted by Gasteiger charge is 2.43. The summed E-state index contributed by atoms with van der Waals surface area (Å²) in [6.45, 7) is 4.14. The summed E-state index contributed by atoms with van der Waals surface area (Å²) in [4.78, 5) is 16.6. The normalized spacial score (nSPS) is 14.2. The van der Waals surface area contributed by atoms with Crippen LogP contribution in [0, 0.1) is 3.82 Å². The van der Waals surface area contributed by atoms with E-state index in [0.29, 0.717) is 5.56 Å². The quantitative estimate of drug-likeness (QED) is 0.371. The van der Waals surface area contributed by atoms with Crippen molar-refractivity contribution in [3.05, 3.63) is 56.7 Å². The highest BCUT2D eigenvalue weighted by molar-refractivity contribution is 7.80.